The summed E-state index contributed by atoms with van der Waals surface area (Å²) in [7, 11) is -8.35. The van der Waals surface area contributed by atoms with Crippen molar-refractivity contribution >= 4 is 65.7 Å². The van der Waals surface area contributed by atoms with Gasteiger partial charge in [0.25, 0.3) is 25.9 Å². The van der Waals surface area contributed by atoms with Gasteiger partial charge in [-0.1, -0.05) is 0 Å². The van der Waals surface area contributed by atoms with E-state index in [0.717, 1.165) is 37.7 Å². The van der Waals surface area contributed by atoms with Crippen LogP contribution < -0.4 is 11.1 Å². The van der Waals surface area contributed by atoms with E-state index in [-0.39, 0.29) is 33.9 Å². The number of fused-ring (bicyclic) bond motifs is 1. The molecular weight excluding hydrogens is 588 g/mol. The summed E-state index contributed by atoms with van der Waals surface area (Å²) in [5.41, 5.74) is 3.86. The number of rotatable bonds is 9. The van der Waals surface area contributed by atoms with E-state index < -0.39 is 64.4 Å². The summed E-state index contributed by atoms with van der Waals surface area (Å²) in [5, 5.41) is 42.4. The third-order valence-electron chi connectivity index (χ3n) is 5.31. The van der Waals surface area contributed by atoms with Crippen molar-refractivity contribution < 1.29 is 40.7 Å². The molecule has 0 fully saturated rings. The Balaban J connectivity index is 2.03. The molecule has 18 nitrogen and oxygen atoms in total. The number of anilines is 3. The van der Waals surface area contributed by atoms with Gasteiger partial charge in [-0.2, -0.15) is 21.8 Å². The molecule has 0 spiro atoms. The number of benzene rings is 3. The molecule has 0 amide bonds. The van der Waals surface area contributed by atoms with Gasteiger partial charge in [0, 0.05) is 17.5 Å². The van der Waals surface area contributed by atoms with E-state index in [9.17, 15) is 41.7 Å². The second-order valence-electron chi connectivity index (χ2n) is 8.08. The Morgan fingerprint density at radius 2 is 1.83 bits per heavy atom. The summed E-state index contributed by atoms with van der Waals surface area (Å²) in [6.07, 6.45) is 1.06. The largest absolute Gasteiger partial charge is 0.506 e. The molecule has 0 aliphatic rings. The van der Waals surface area contributed by atoms with Crippen LogP contribution in [0.1, 0.15) is 5.56 Å². The second-order valence-corrected chi connectivity index (χ2v) is 11.2. The zero-order valence-electron chi connectivity index (χ0n) is 20.5. The highest BCUT2D eigenvalue weighted by Gasteiger charge is 2.26. The lowest BCUT2D eigenvalue weighted by Gasteiger charge is -2.16. The maximum absolute atomic E-state index is 12.8. The number of nitrogens with one attached hydrogen (secondary N) is 1. The fraction of sp³-hybridized carbons (Fsp3) is 0.0952. The van der Waals surface area contributed by atoms with Crippen LogP contribution in [0.15, 0.2) is 57.8 Å². The van der Waals surface area contributed by atoms with Crippen molar-refractivity contribution in [3.05, 3.63) is 58.4 Å². The highest BCUT2D eigenvalue weighted by molar-refractivity contribution is 7.87. The Morgan fingerprint density at radius 1 is 1.10 bits per heavy atom. The van der Waals surface area contributed by atoms with Crippen molar-refractivity contribution in [3.8, 4) is 11.5 Å². The number of non-ortho nitro benzene ring substituents is 1. The fourth-order valence-corrected chi connectivity index (χ4v) is 5.03. The number of hydrogen-bond donors (Lipinski definition) is 5. The number of nitrogen functional groups attached to an aromatic ring is 1. The van der Waals surface area contributed by atoms with Gasteiger partial charge in [0.2, 0.25) is 11.9 Å². The van der Waals surface area contributed by atoms with Crippen molar-refractivity contribution in [1.29, 1.82) is 0 Å². The number of azo groups is 1. The summed E-state index contributed by atoms with van der Waals surface area (Å²) in [4.78, 5) is 21.0. The van der Waals surface area contributed by atoms with Crippen LogP contribution in [0.25, 0.3) is 10.8 Å². The lowest BCUT2D eigenvalue weighted by atomic mass is 10.0. The van der Waals surface area contributed by atoms with E-state index in [0.29, 0.717) is 0 Å². The monoisotopic (exact) mass is 606 g/mol. The molecule has 1 aromatic heterocycles. The number of nitro groups is 1. The highest BCUT2D eigenvalue weighted by Crippen LogP contribution is 2.46. The molecule has 4 aromatic rings. The summed E-state index contributed by atoms with van der Waals surface area (Å²) in [5.74, 6) is -2.60. The molecule has 6 N–H and O–H groups in total. The molecule has 214 valence electrons. The summed E-state index contributed by atoms with van der Waals surface area (Å²) >= 11 is 0. The first-order chi connectivity index (χ1) is 19.2. The van der Waals surface area contributed by atoms with Gasteiger partial charge in [0.1, 0.15) is 34.1 Å². The zero-order valence-corrected chi connectivity index (χ0v) is 22.2. The van der Waals surface area contributed by atoms with Crippen LogP contribution in [0.3, 0.4) is 0 Å². The number of phenols is 2. The van der Waals surface area contributed by atoms with Gasteiger partial charge >= 0.3 is 0 Å². The smallest absolute Gasteiger partial charge is 0.299 e. The van der Waals surface area contributed by atoms with Crippen LogP contribution in [0.2, 0.25) is 0 Å². The maximum Gasteiger partial charge on any atom is 0.299 e. The van der Waals surface area contributed by atoms with E-state index in [2.05, 4.69) is 34.7 Å². The third-order valence-corrected chi connectivity index (χ3v) is 7.30. The summed E-state index contributed by atoms with van der Waals surface area (Å²) < 4.78 is 62.7. The molecular formula is C21H18N8O10S2. The highest BCUT2D eigenvalue weighted by atomic mass is 32.2. The molecule has 0 bridgehead atoms. The summed E-state index contributed by atoms with van der Waals surface area (Å²) in [6.45, 7) is 0. The maximum atomic E-state index is 12.8. The fourth-order valence-electron chi connectivity index (χ4n) is 3.62. The molecule has 41 heavy (non-hydrogen) atoms. The molecule has 4 rings (SSSR count). The van der Waals surface area contributed by atoms with Crippen LogP contribution in [-0.4, -0.2) is 58.6 Å². The number of nitro benzene ring substituents is 1. The van der Waals surface area contributed by atoms with E-state index in [1.54, 1.807) is 0 Å². The minimum absolute atomic E-state index is 0.0411. The van der Waals surface area contributed by atoms with Crippen LogP contribution in [-0.2, 0) is 30.2 Å². The minimum Gasteiger partial charge on any atom is -0.506 e. The first-order valence-corrected chi connectivity index (χ1v) is 13.9. The number of nitrogens with zero attached hydrogens (tertiary/aromatic N) is 6. The van der Waals surface area contributed by atoms with Crippen LogP contribution in [0.4, 0.5) is 34.6 Å². The molecule has 3 aromatic carbocycles. The average Bonchev–Trinajstić information content (AvgIpc) is 2.87. The molecule has 0 aliphatic carbocycles. The first-order valence-electron chi connectivity index (χ1n) is 10.9. The van der Waals surface area contributed by atoms with Crippen LogP contribution in [0.5, 0.6) is 11.5 Å². The molecule has 0 aliphatic heterocycles. The quantitative estimate of drug-likeness (QED) is 0.0601. The molecule has 0 atom stereocenters. The molecule has 20 heteroatoms. The average molecular weight is 607 g/mol. The number of aromatic nitrogens is 3. The Kier molecular flexibility index (Phi) is 7.66. The van der Waals surface area contributed by atoms with Gasteiger partial charge in [-0.25, -0.2) is 9.97 Å². The van der Waals surface area contributed by atoms with Gasteiger partial charge in [-0.05, 0) is 35.2 Å². The number of nitrogens with two attached hydrogens (primary N) is 1. The van der Waals surface area contributed by atoms with Gasteiger partial charge in [0.05, 0.1) is 17.7 Å². The predicted octanol–water partition coefficient (Wildman–Crippen LogP) is 2.81. The van der Waals surface area contributed by atoms with Crippen LogP contribution in [0, 0.1) is 10.1 Å². The van der Waals surface area contributed by atoms with Gasteiger partial charge in [0.15, 0.2) is 5.75 Å². The van der Waals surface area contributed by atoms with Crippen molar-refractivity contribution in [3.63, 3.8) is 0 Å². The Morgan fingerprint density at radius 3 is 2.46 bits per heavy atom. The minimum atomic E-state index is -4.63. The predicted molar refractivity (Wildman–Crippen MR) is 142 cm³/mol. The molecule has 0 saturated heterocycles. The molecule has 1 heterocycles. The van der Waals surface area contributed by atoms with Gasteiger partial charge in [-0.15, -0.1) is 10.2 Å². The van der Waals surface area contributed by atoms with Crippen molar-refractivity contribution in [2.24, 2.45) is 10.2 Å². The van der Waals surface area contributed by atoms with E-state index in [4.69, 9.17) is 5.73 Å². The normalized spacial score (nSPS) is 12.1. The number of aromatic hydroxyl groups is 2. The van der Waals surface area contributed by atoms with E-state index in [1.165, 1.54) is 12.1 Å². The van der Waals surface area contributed by atoms with Crippen molar-refractivity contribution in [2.75, 3.05) is 18.2 Å². The second kappa shape index (κ2) is 10.8. The molecule has 0 unspecified atom stereocenters. The number of phenolic OH excluding ortho intramolecular Hbond substituents is 2. The van der Waals surface area contributed by atoms with Crippen LogP contribution >= 0.6 is 0 Å². The van der Waals surface area contributed by atoms with E-state index in [1.807, 2.05) is 0 Å². The third kappa shape index (κ3) is 6.41. The SMILES string of the molecule is COS(=O)(=O)c1cc2cc(CS(=O)(=O)O)cc(Nc3ncnc(N)n3)c2c(O)c1N=Nc1cc([N+](=O)[O-])ccc1O. The first kappa shape index (κ1) is 28.9. The van der Waals surface area contributed by atoms with Crippen molar-refractivity contribution in [2.45, 2.75) is 10.6 Å². The Labute approximate surface area is 230 Å². The van der Waals surface area contributed by atoms with Gasteiger partial charge in [-0.3, -0.25) is 18.9 Å². The zero-order chi connectivity index (χ0) is 30.1. The lowest BCUT2D eigenvalue weighted by molar-refractivity contribution is -0.384. The van der Waals surface area contributed by atoms with Gasteiger partial charge < -0.3 is 21.3 Å². The lowest BCUT2D eigenvalue weighted by Crippen LogP contribution is -2.06. The Hall–Kier alpha value is -5.05. The molecule has 0 radical (unpaired) electrons. The van der Waals surface area contributed by atoms with E-state index >= 15 is 0 Å². The summed E-state index contributed by atoms with van der Waals surface area (Å²) in [6, 6.07) is 6.19. The Bertz CT molecular complexity index is 1950. The number of hydrogen-bond acceptors (Lipinski definition) is 16. The molecule has 0 saturated carbocycles. The van der Waals surface area contributed by atoms with Crippen molar-refractivity contribution in [1.82, 2.24) is 15.0 Å². The topological polar surface area (TPSA) is 283 Å². The standard InChI is InChI=1S/C21H18N8O10S2/c1-39-41(37,38)16-6-11-4-10(8-40(34,35)36)5-14(25-21-24-9-23-20(22)26-21)17(11)19(31)18(16)28-27-13-7-12(29(32)33)2-3-15(13)30/h2-7,9,30-31H,8H2,1H3,(H,34,35,36)(H3,22,23,24,25,26).